The van der Waals surface area contributed by atoms with Crippen LogP contribution >= 0.6 is 0 Å². The number of allylic oxidation sites excluding steroid dienone is 1. The van der Waals surface area contributed by atoms with Gasteiger partial charge in [-0.05, 0) is 50.3 Å². The van der Waals surface area contributed by atoms with Gasteiger partial charge in [-0.3, -0.25) is 4.79 Å². The molecule has 2 saturated heterocycles. The van der Waals surface area contributed by atoms with Gasteiger partial charge in [0.2, 0.25) is 0 Å². The fraction of sp³-hybridized carbons (Fsp3) is 0.550. The first-order chi connectivity index (χ1) is 11.4. The van der Waals surface area contributed by atoms with E-state index in [1.54, 1.807) is 7.11 Å². The van der Waals surface area contributed by atoms with E-state index in [2.05, 4.69) is 12.1 Å². The van der Waals surface area contributed by atoms with Gasteiger partial charge in [0.1, 0.15) is 11.4 Å². The summed E-state index contributed by atoms with van der Waals surface area (Å²) in [6.45, 7) is 6.48. The number of ketones is 1. The Balaban J connectivity index is 1.87. The minimum absolute atomic E-state index is 0.0373. The number of fused-ring (bicyclic) bond motifs is 5. The molecule has 1 aliphatic carbocycles. The highest BCUT2D eigenvalue weighted by Gasteiger charge is 2.66. The van der Waals surface area contributed by atoms with E-state index in [1.165, 1.54) is 5.56 Å². The smallest absolute Gasteiger partial charge is 0.173 e. The molecule has 0 radical (unpaired) electrons. The maximum Gasteiger partial charge on any atom is 0.173 e. The molecule has 2 fully saturated rings. The summed E-state index contributed by atoms with van der Waals surface area (Å²) in [5.74, 6) is -0.280. The van der Waals surface area contributed by atoms with Crippen molar-refractivity contribution in [1.82, 2.24) is 0 Å². The fourth-order valence-corrected chi connectivity index (χ4v) is 5.28. The molecule has 3 aliphatic rings. The number of benzene rings is 1. The van der Waals surface area contributed by atoms with Crippen molar-refractivity contribution in [2.24, 2.45) is 11.8 Å². The Kier molecular flexibility index (Phi) is 3.42. The van der Waals surface area contributed by atoms with Crippen LogP contribution in [0, 0.1) is 32.6 Å². The lowest BCUT2D eigenvalue weighted by Gasteiger charge is -2.31. The van der Waals surface area contributed by atoms with Crippen molar-refractivity contribution in [2.45, 2.75) is 45.3 Å². The zero-order valence-corrected chi connectivity index (χ0v) is 14.7. The molecule has 2 heterocycles. The van der Waals surface area contributed by atoms with Crippen molar-refractivity contribution in [3.05, 3.63) is 40.1 Å². The average Bonchev–Trinajstić information content (AvgIpc) is 3.12. The summed E-state index contributed by atoms with van der Waals surface area (Å²) in [7, 11) is 1.64. The third-order valence-electron chi connectivity index (χ3n) is 5.98. The SMILES string of the molecule is COC[C@]12CC[C@H](O1)[C@@H]1C(=O)C(c3c(C)cc(C)cc3C)=C(O)[C@@H]12. The lowest BCUT2D eigenvalue weighted by atomic mass is 9.73. The van der Waals surface area contributed by atoms with Crippen LogP contribution in [-0.2, 0) is 14.3 Å². The first-order valence-electron chi connectivity index (χ1n) is 8.62. The Hall–Kier alpha value is -1.65. The summed E-state index contributed by atoms with van der Waals surface area (Å²) in [4.78, 5) is 13.2. The number of carbonyl (C=O) groups excluding carboxylic acids is 1. The van der Waals surface area contributed by atoms with Crippen LogP contribution in [-0.4, -0.2) is 36.3 Å². The van der Waals surface area contributed by atoms with E-state index in [0.717, 1.165) is 29.5 Å². The highest BCUT2D eigenvalue weighted by molar-refractivity contribution is 6.26. The predicted octanol–water partition coefficient (Wildman–Crippen LogP) is 3.27. The fourth-order valence-electron chi connectivity index (χ4n) is 5.28. The van der Waals surface area contributed by atoms with Crippen molar-refractivity contribution < 1.29 is 19.4 Å². The normalized spacial score (nSPS) is 34.3. The molecule has 4 atom stereocenters. The number of ether oxygens (including phenoxy) is 2. The van der Waals surface area contributed by atoms with E-state index >= 15 is 0 Å². The van der Waals surface area contributed by atoms with E-state index < -0.39 is 5.60 Å². The standard InChI is InChI=1S/C20H24O4/c1-10-7-11(2)14(12(3)8-10)16-18(21)15-13-5-6-20(24-13,9-23-4)17(15)19(16)22/h7-8,13,15,17,22H,5-6,9H2,1-4H3/t13-,15-,17+,20-/m0/s1. The third kappa shape index (κ3) is 1.90. The maximum absolute atomic E-state index is 13.2. The van der Waals surface area contributed by atoms with Gasteiger partial charge in [-0.1, -0.05) is 17.7 Å². The summed E-state index contributed by atoms with van der Waals surface area (Å²) in [5.41, 5.74) is 4.10. The largest absolute Gasteiger partial charge is 0.511 e. The van der Waals surface area contributed by atoms with Crippen molar-refractivity contribution in [2.75, 3.05) is 13.7 Å². The van der Waals surface area contributed by atoms with Crippen LogP contribution in [0.25, 0.3) is 5.57 Å². The Bertz CT molecular complexity index is 740. The molecule has 2 aliphatic heterocycles. The Morgan fingerprint density at radius 3 is 2.58 bits per heavy atom. The highest BCUT2D eigenvalue weighted by Crippen LogP contribution is 2.59. The van der Waals surface area contributed by atoms with Crippen LogP contribution in [0.5, 0.6) is 0 Å². The topological polar surface area (TPSA) is 55.8 Å². The average molecular weight is 328 g/mol. The zero-order valence-electron chi connectivity index (χ0n) is 14.7. The van der Waals surface area contributed by atoms with Crippen molar-refractivity contribution >= 4 is 11.4 Å². The number of rotatable bonds is 3. The first-order valence-corrected chi connectivity index (χ1v) is 8.62. The van der Waals surface area contributed by atoms with Gasteiger partial charge < -0.3 is 14.6 Å². The first kappa shape index (κ1) is 15.9. The molecular formula is C20H24O4. The minimum Gasteiger partial charge on any atom is -0.511 e. The summed E-state index contributed by atoms with van der Waals surface area (Å²) in [6, 6.07) is 4.14. The van der Waals surface area contributed by atoms with Crippen LogP contribution in [0.3, 0.4) is 0 Å². The van der Waals surface area contributed by atoms with Crippen LogP contribution in [0.2, 0.25) is 0 Å². The molecule has 24 heavy (non-hydrogen) atoms. The number of methoxy groups -OCH3 is 1. The number of aryl methyl sites for hydroxylation is 3. The quantitative estimate of drug-likeness (QED) is 0.925. The highest BCUT2D eigenvalue weighted by atomic mass is 16.6. The molecular weight excluding hydrogens is 304 g/mol. The second-order valence-corrected chi connectivity index (χ2v) is 7.59. The zero-order chi connectivity index (χ0) is 17.2. The number of Topliss-reactive ketones (excluding diaryl/α,β-unsaturated/α-hetero) is 1. The van der Waals surface area contributed by atoms with Crippen LogP contribution in [0.4, 0.5) is 0 Å². The molecule has 4 heteroatoms. The molecule has 4 rings (SSSR count). The number of aliphatic hydroxyl groups is 1. The number of hydrogen-bond donors (Lipinski definition) is 1. The van der Waals surface area contributed by atoms with E-state index in [-0.39, 0.29) is 29.5 Å². The van der Waals surface area contributed by atoms with Crippen LogP contribution in [0.15, 0.2) is 17.9 Å². The molecule has 1 aromatic carbocycles. The maximum atomic E-state index is 13.2. The molecule has 0 unspecified atom stereocenters. The summed E-state index contributed by atoms with van der Waals surface area (Å²) in [6.07, 6.45) is 1.61. The van der Waals surface area contributed by atoms with Gasteiger partial charge in [-0.25, -0.2) is 0 Å². The molecule has 1 N–H and O–H groups in total. The van der Waals surface area contributed by atoms with Gasteiger partial charge in [0, 0.05) is 7.11 Å². The number of carbonyl (C=O) groups is 1. The van der Waals surface area contributed by atoms with Crippen LogP contribution in [0.1, 0.15) is 35.1 Å². The molecule has 2 bridgehead atoms. The summed E-state index contributed by atoms with van der Waals surface area (Å²) >= 11 is 0. The van der Waals surface area contributed by atoms with Crippen LogP contribution < -0.4 is 0 Å². The predicted molar refractivity (Wildman–Crippen MR) is 90.9 cm³/mol. The van der Waals surface area contributed by atoms with Gasteiger partial charge in [-0.15, -0.1) is 0 Å². The lowest BCUT2D eigenvalue weighted by Crippen LogP contribution is -2.42. The second-order valence-electron chi connectivity index (χ2n) is 7.59. The molecule has 1 aromatic rings. The van der Waals surface area contributed by atoms with Gasteiger partial charge in [0.15, 0.2) is 5.78 Å². The molecule has 0 amide bonds. The molecule has 4 nitrogen and oxygen atoms in total. The van der Waals surface area contributed by atoms with E-state index in [0.29, 0.717) is 12.2 Å². The van der Waals surface area contributed by atoms with E-state index in [4.69, 9.17) is 9.47 Å². The molecule has 0 spiro atoms. The second kappa shape index (κ2) is 5.17. The Morgan fingerprint density at radius 1 is 1.29 bits per heavy atom. The van der Waals surface area contributed by atoms with Crippen molar-refractivity contribution in [3.63, 3.8) is 0 Å². The molecule has 0 saturated carbocycles. The summed E-state index contributed by atoms with van der Waals surface area (Å²) in [5, 5.41) is 11.0. The lowest BCUT2D eigenvalue weighted by molar-refractivity contribution is -0.118. The molecule has 128 valence electrons. The minimum atomic E-state index is -0.544. The number of aliphatic hydroxyl groups excluding tert-OH is 1. The molecule has 0 aromatic heterocycles. The Morgan fingerprint density at radius 2 is 1.96 bits per heavy atom. The van der Waals surface area contributed by atoms with Crippen molar-refractivity contribution in [1.29, 1.82) is 0 Å². The van der Waals surface area contributed by atoms with Crippen molar-refractivity contribution in [3.8, 4) is 0 Å². The van der Waals surface area contributed by atoms with E-state index in [9.17, 15) is 9.90 Å². The van der Waals surface area contributed by atoms with Gasteiger partial charge in [0.05, 0.1) is 30.1 Å². The monoisotopic (exact) mass is 328 g/mol. The van der Waals surface area contributed by atoms with Gasteiger partial charge >= 0.3 is 0 Å². The number of hydrogen-bond acceptors (Lipinski definition) is 4. The van der Waals surface area contributed by atoms with Gasteiger partial charge in [0.25, 0.3) is 0 Å². The summed E-state index contributed by atoms with van der Waals surface area (Å²) < 4.78 is 11.5. The van der Waals surface area contributed by atoms with Gasteiger partial charge in [-0.2, -0.15) is 0 Å². The van der Waals surface area contributed by atoms with E-state index in [1.807, 2.05) is 20.8 Å². The Labute approximate surface area is 142 Å². The third-order valence-corrected chi connectivity index (χ3v) is 5.98.